The molecule has 0 unspecified atom stereocenters. The molecule has 1 saturated heterocycles. The van der Waals surface area contributed by atoms with E-state index in [1.807, 2.05) is 0 Å². The van der Waals surface area contributed by atoms with Crippen molar-refractivity contribution in [3.8, 4) is 5.69 Å². The lowest BCUT2D eigenvalue weighted by Gasteiger charge is -2.26. The molecule has 1 aliphatic heterocycles. The van der Waals surface area contributed by atoms with Crippen molar-refractivity contribution in [2.24, 2.45) is 0 Å². The van der Waals surface area contributed by atoms with E-state index in [4.69, 9.17) is 0 Å². The van der Waals surface area contributed by atoms with Gasteiger partial charge in [0, 0.05) is 13.1 Å². The Balaban J connectivity index is 1.96. The highest BCUT2D eigenvalue weighted by molar-refractivity contribution is 5.99. The Morgan fingerprint density at radius 2 is 1.96 bits per heavy atom. The first-order valence-electron chi connectivity index (χ1n) is 7.35. The van der Waals surface area contributed by atoms with Crippen molar-refractivity contribution in [3.63, 3.8) is 0 Å². The van der Waals surface area contributed by atoms with E-state index >= 15 is 0 Å². The molecule has 1 fully saturated rings. The van der Waals surface area contributed by atoms with Crippen molar-refractivity contribution in [1.82, 2.24) is 20.0 Å². The highest BCUT2D eigenvalue weighted by atomic mass is 19.1. The Morgan fingerprint density at radius 3 is 2.61 bits per heavy atom. The quantitative estimate of drug-likeness (QED) is 0.905. The summed E-state index contributed by atoms with van der Waals surface area (Å²) in [5, 5.41) is 7.09. The monoisotopic (exact) mass is 316 g/mol. The van der Waals surface area contributed by atoms with Crippen LogP contribution in [0.4, 0.5) is 4.39 Å². The van der Waals surface area contributed by atoms with Crippen LogP contribution in [0.1, 0.15) is 21.7 Å². The van der Waals surface area contributed by atoms with Gasteiger partial charge in [0.2, 0.25) is 5.91 Å². The van der Waals surface area contributed by atoms with Crippen molar-refractivity contribution < 1.29 is 14.0 Å². The molecule has 0 radical (unpaired) electrons. The second-order valence-electron chi connectivity index (χ2n) is 5.51. The molecule has 0 atom stereocenters. The van der Waals surface area contributed by atoms with Gasteiger partial charge in [0.15, 0.2) is 0 Å². The van der Waals surface area contributed by atoms with Crippen molar-refractivity contribution in [2.75, 3.05) is 19.6 Å². The van der Waals surface area contributed by atoms with Crippen LogP contribution in [0, 0.1) is 19.7 Å². The summed E-state index contributed by atoms with van der Waals surface area (Å²) in [6, 6.07) is 5.92. The number of carbonyl (C=O) groups is 2. The zero-order valence-electron chi connectivity index (χ0n) is 13.0. The third kappa shape index (κ3) is 2.81. The average molecular weight is 316 g/mol. The number of aromatic nitrogens is 2. The topological polar surface area (TPSA) is 67.2 Å². The molecule has 1 aromatic heterocycles. The fourth-order valence-corrected chi connectivity index (χ4v) is 2.76. The van der Waals surface area contributed by atoms with Gasteiger partial charge in [0.05, 0.1) is 29.2 Å². The van der Waals surface area contributed by atoms with Gasteiger partial charge in [0.25, 0.3) is 5.91 Å². The van der Waals surface area contributed by atoms with Gasteiger partial charge in [-0.15, -0.1) is 0 Å². The van der Waals surface area contributed by atoms with Gasteiger partial charge in [-0.3, -0.25) is 9.59 Å². The molecule has 0 spiro atoms. The molecule has 1 N–H and O–H groups in total. The van der Waals surface area contributed by atoms with Crippen LogP contribution >= 0.6 is 0 Å². The van der Waals surface area contributed by atoms with Gasteiger partial charge in [-0.05, 0) is 38.1 Å². The molecule has 0 aliphatic carbocycles. The second-order valence-corrected chi connectivity index (χ2v) is 5.51. The molecular formula is C16H17FN4O2. The molecule has 1 aromatic carbocycles. The summed E-state index contributed by atoms with van der Waals surface area (Å²) in [5.74, 6) is -0.694. The zero-order chi connectivity index (χ0) is 16.6. The van der Waals surface area contributed by atoms with E-state index < -0.39 is 0 Å². The summed E-state index contributed by atoms with van der Waals surface area (Å²) >= 11 is 0. The van der Waals surface area contributed by atoms with Crippen LogP contribution in [-0.4, -0.2) is 46.1 Å². The van der Waals surface area contributed by atoms with Gasteiger partial charge < -0.3 is 10.2 Å². The van der Waals surface area contributed by atoms with Gasteiger partial charge in [-0.1, -0.05) is 0 Å². The minimum absolute atomic E-state index is 0.0550. The first-order valence-corrected chi connectivity index (χ1v) is 7.35. The number of aryl methyl sites for hydroxylation is 1. The molecular weight excluding hydrogens is 299 g/mol. The molecule has 2 aromatic rings. The molecule has 7 heteroatoms. The van der Waals surface area contributed by atoms with Crippen LogP contribution in [0.3, 0.4) is 0 Å². The summed E-state index contributed by atoms with van der Waals surface area (Å²) in [6.07, 6.45) is 0. The van der Waals surface area contributed by atoms with E-state index in [9.17, 15) is 14.0 Å². The number of rotatable bonds is 2. The number of piperazine rings is 1. The number of amides is 2. The van der Waals surface area contributed by atoms with Gasteiger partial charge >= 0.3 is 0 Å². The number of carbonyl (C=O) groups excluding carboxylic acids is 2. The van der Waals surface area contributed by atoms with Crippen molar-refractivity contribution in [2.45, 2.75) is 13.8 Å². The fraction of sp³-hybridized carbons (Fsp3) is 0.312. The van der Waals surface area contributed by atoms with Crippen LogP contribution in [0.25, 0.3) is 5.69 Å². The molecule has 0 bridgehead atoms. The third-order valence-electron chi connectivity index (χ3n) is 3.90. The number of nitrogens with zero attached hydrogens (tertiary/aromatic N) is 3. The predicted molar refractivity (Wildman–Crippen MR) is 81.9 cm³/mol. The highest BCUT2D eigenvalue weighted by Crippen LogP contribution is 2.20. The number of halogens is 1. The minimum Gasteiger partial charge on any atom is -0.353 e. The van der Waals surface area contributed by atoms with E-state index in [0.717, 1.165) is 0 Å². The molecule has 2 amide bonds. The summed E-state index contributed by atoms with van der Waals surface area (Å²) in [6.45, 7) is 4.53. The Kier molecular flexibility index (Phi) is 3.85. The maximum absolute atomic E-state index is 13.1. The van der Waals surface area contributed by atoms with E-state index in [1.54, 1.807) is 30.7 Å². The molecule has 3 rings (SSSR count). The SMILES string of the molecule is Cc1nn(-c2ccc(F)cc2)c(C)c1C(=O)N1CCNC(=O)C1. The first-order chi connectivity index (χ1) is 11.0. The minimum atomic E-state index is -0.328. The largest absolute Gasteiger partial charge is 0.353 e. The van der Waals surface area contributed by atoms with E-state index in [-0.39, 0.29) is 24.2 Å². The smallest absolute Gasteiger partial charge is 0.258 e. The first kappa shape index (κ1) is 15.2. The lowest BCUT2D eigenvalue weighted by molar-refractivity contribution is -0.123. The molecule has 120 valence electrons. The summed E-state index contributed by atoms with van der Waals surface area (Å²) in [4.78, 5) is 25.7. The van der Waals surface area contributed by atoms with Crippen molar-refractivity contribution >= 4 is 11.8 Å². The lowest BCUT2D eigenvalue weighted by atomic mass is 10.1. The van der Waals surface area contributed by atoms with E-state index in [1.165, 1.54) is 17.0 Å². The molecule has 2 heterocycles. The van der Waals surface area contributed by atoms with Gasteiger partial charge in [-0.2, -0.15) is 5.10 Å². The van der Waals surface area contributed by atoms with Gasteiger partial charge in [0.1, 0.15) is 5.82 Å². The van der Waals surface area contributed by atoms with Crippen LogP contribution in [0.5, 0.6) is 0 Å². The molecule has 23 heavy (non-hydrogen) atoms. The van der Waals surface area contributed by atoms with Crippen molar-refractivity contribution in [1.29, 1.82) is 0 Å². The number of benzene rings is 1. The van der Waals surface area contributed by atoms with Crippen LogP contribution in [0.2, 0.25) is 0 Å². The maximum Gasteiger partial charge on any atom is 0.258 e. The Hall–Kier alpha value is -2.70. The van der Waals surface area contributed by atoms with Crippen molar-refractivity contribution in [3.05, 3.63) is 47.0 Å². The highest BCUT2D eigenvalue weighted by Gasteiger charge is 2.27. The van der Waals surface area contributed by atoms with E-state index in [2.05, 4.69) is 10.4 Å². The molecule has 1 aliphatic rings. The Labute approximate surface area is 132 Å². The zero-order valence-corrected chi connectivity index (χ0v) is 13.0. The standard InChI is InChI=1S/C16H17FN4O2/c1-10-15(16(23)20-8-7-18-14(22)9-20)11(2)21(19-10)13-5-3-12(17)4-6-13/h3-6H,7-9H2,1-2H3,(H,18,22). The lowest BCUT2D eigenvalue weighted by Crippen LogP contribution is -2.50. The van der Waals surface area contributed by atoms with Crippen LogP contribution < -0.4 is 5.32 Å². The predicted octanol–water partition coefficient (Wildman–Crippen LogP) is 1.20. The summed E-state index contributed by atoms with van der Waals surface area (Å²) in [7, 11) is 0. The average Bonchev–Trinajstić information content (AvgIpc) is 2.82. The number of hydrogen-bond acceptors (Lipinski definition) is 3. The van der Waals surface area contributed by atoms with Crippen LogP contribution in [0.15, 0.2) is 24.3 Å². The number of nitrogens with one attached hydrogen (secondary N) is 1. The van der Waals surface area contributed by atoms with E-state index in [0.29, 0.717) is 35.7 Å². The molecule has 6 nitrogen and oxygen atoms in total. The fourth-order valence-electron chi connectivity index (χ4n) is 2.76. The molecule has 0 saturated carbocycles. The normalized spacial score (nSPS) is 14.7. The second kappa shape index (κ2) is 5.83. The third-order valence-corrected chi connectivity index (χ3v) is 3.90. The van der Waals surface area contributed by atoms with Crippen LogP contribution in [-0.2, 0) is 4.79 Å². The van der Waals surface area contributed by atoms with Gasteiger partial charge in [-0.25, -0.2) is 9.07 Å². The summed E-state index contributed by atoms with van der Waals surface area (Å²) < 4.78 is 14.7. The Morgan fingerprint density at radius 1 is 1.26 bits per heavy atom. The Bertz CT molecular complexity index is 767. The maximum atomic E-state index is 13.1. The number of hydrogen-bond donors (Lipinski definition) is 1. The summed E-state index contributed by atoms with van der Waals surface area (Å²) in [5.41, 5.74) is 2.43.